The molecule has 2 aliphatic rings. The molecule has 1 amide bonds. The van der Waals surface area contributed by atoms with Crippen molar-refractivity contribution >= 4 is 17.2 Å². The number of carbonyl (C=O) groups is 1. The number of nitrogens with zero attached hydrogens (tertiary/aromatic N) is 2. The SMILES string of the molecule is CN(C)C(=O)COC[C@@H]1CC[C@H]2[C@H](CCN2Cc2cccs2)O1. The minimum atomic E-state index is 0.00155. The summed E-state index contributed by atoms with van der Waals surface area (Å²) >= 11 is 1.83. The molecule has 1 aromatic rings. The second kappa shape index (κ2) is 7.75. The number of ether oxygens (including phenoxy) is 2. The van der Waals surface area contributed by atoms with Crippen molar-refractivity contribution in [3.8, 4) is 0 Å². The molecular formula is C17H26N2O3S. The van der Waals surface area contributed by atoms with Gasteiger partial charge in [-0.15, -0.1) is 11.3 Å². The number of likely N-dealkylation sites (tertiary alicyclic amines) is 1. The van der Waals surface area contributed by atoms with Crippen LogP contribution >= 0.6 is 11.3 Å². The summed E-state index contributed by atoms with van der Waals surface area (Å²) < 4.78 is 11.7. The van der Waals surface area contributed by atoms with Gasteiger partial charge in [0.15, 0.2) is 0 Å². The molecule has 0 bridgehead atoms. The zero-order valence-corrected chi connectivity index (χ0v) is 14.8. The number of hydrogen-bond acceptors (Lipinski definition) is 5. The molecule has 6 heteroatoms. The Labute approximate surface area is 142 Å². The number of fused-ring (bicyclic) bond motifs is 1. The summed E-state index contributed by atoms with van der Waals surface area (Å²) in [5, 5.41) is 2.14. The second-order valence-corrected chi connectivity index (χ2v) is 7.62. The highest BCUT2D eigenvalue weighted by atomic mass is 32.1. The molecule has 0 spiro atoms. The first kappa shape index (κ1) is 16.9. The summed E-state index contributed by atoms with van der Waals surface area (Å²) in [6, 6.07) is 4.87. The van der Waals surface area contributed by atoms with Gasteiger partial charge in [-0.05, 0) is 30.7 Å². The molecule has 0 saturated carbocycles. The van der Waals surface area contributed by atoms with Crippen LogP contribution in [0.4, 0.5) is 0 Å². The van der Waals surface area contributed by atoms with Crippen LogP contribution in [0.25, 0.3) is 0 Å². The summed E-state index contributed by atoms with van der Waals surface area (Å²) in [4.78, 5) is 17.1. The Hall–Kier alpha value is -0.950. The Morgan fingerprint density at radius 3 is 3.04 bits per heavy atom. The fraction of sp³-hybridized carbons (Fsp3) is 0.706. The molecule has 0 radical (unpaired) electrons. The van der Waals surface area contributed by atoms with E-state index in [1.165, 1.54) is 4.88 Å². The summed E-state index contributed by atoms with van der Waals surface area (Å²) in [7, 11) is 3.49. The number of carbonyl (C=O) groups excluding carboxylic acids is 1. The van der Waals surface area contributed by atoms with Crippen LogP contribution in [0, 0.1) is 0 Å². The summed E-state index contributed by atoms with van der Waals surface area (Å²) in [5.74, 6) is 0.00155. The molecule has 1 aromatic heterocycles. The van der Waals surface area contributed by atoms with Crippen molar-refractivity contribution in [2.75, 3.05) is 33.9 Å². The Bertz CT molecular complexity index is 506. The van der Waals surface area contributed by atoms with E-state index in [-0.39, 0.29) is 18.6 Å². The van der Waals surface area contributed by atoms with E-state index in [1.807, 2.05) is 11.3 Å². The lowest BCUT2D eigenvalue weighted by Gasteiger charge is -2.35. The lowest BCUT2D eigenvalue weighted by molar-refractivity contribution is -0.138. The van der Waals surface area contributed by atoms with Crippen LogP contribution in [-0.2, 0) is 20.8 Å². The maximum atomic E-state index is 11.5. The summed E-state index contributed by atoms with van der Waals surface area (Å²) in [5.41, 5.74) is 0. The third-order valence-corrected chi connectivity index (χ3v) is 5.58. The van der Waals surface area contributed by atoms with Gasteiger partial charge >= 0.3 is 0 Å². The zero-order chi connectivity index (χ0) is 16.2. The van der Waals surface area contributed by atoms with Crippen molar-refractivity contribution in [1.29, 1.82) is 0 Å². The normalized spacial score (nSPS) is 27.8. The number of amides is 1. The Kier molecular flexibility index (Phi) is 5.69. The van der Waals surface area contributed by atoms with Gasteiger partial charge in [-0.1, -0.05) is 6.07 Å². The molecule has 0 aliphatic carbocycles. The predicted octanol–water partition coefficient (Wildman–Crippen LogP) is 1.97. The fourth-order valence-corrected chi connectivity index (χ4v) is 4.14. The van der Waals surface area contributed by atoms with Gasteiger partial charge in [0.25, 0.3) is 0 Å². The molecule has 0 N–H and O–H groups in total. The van der Waals surface area contributed by atoms with Gasteiger partial charge in [-0.3, -0.25) is 9.69 Å². The highest BCUT2D eigenvalue weighted by Gasteiger charge is 2.39. The van der Waals surface area contributed by atoms with E-state index in [2.05, 4.69) is 22.4 Å². The van der Waals surface area contributed by atoms with Crippen molar-refractivity contribution in [3.05, 3.63) is 22.4 Å². The van der Waals surface area contributed by atoms with Crippen LogP contribution in [0.15, 0.2) is 17.5 Å². The van der Waals surface area contributed by atoms with E-state index in [9.17, 15) is 4.79 Å². The van der Waals surface area contributed by atoms with Crippen molar-refractivity contribution < 1.29 is 14.3 Å². The molecule has 2 saturated heterocycles. The van der Waals surface area contributed by atoms with Crippen molar-refractivity contribution in [2.24, 2.45) is 0 Å². The van der Waals surface area contributed by atoms with E-state index in [1.54, 1.807) is 19.0 Å². The zero-order valence-electron chi connectivity index (χ0n) is 13.9. The van der Waals surface area contributed by atoms with Gasteiger partial charge in [-0.25, -0.2) is 0 Å². The predicted molar refractivity (Wildman–Crippen MR) is 90.5 cm³/mol. The molecular weight excluding hydrogens is 312 g/mol. The highest BCUT2D eigenvalue weighted by Crippen LogP contribution is 2.33. The topological polar surface area (TPSA) is 42.0 Å². The first-order valence-electron chi connectivity index (χ1n) is 8.33. The van der Waals surface area contributed by atoms with Gasteiger partial charge < -0.3 is 14.4 Å². The van der Waals surface area contributed by atoms with Crippen LogP contribution < -0.4 is 0 Å². The Morgan fingerprint density at radius 1 is 1.43 bits per heavy atom. The minimum Gasteiger partial charge on any atom is -0.371 e. The smallest absolute Gasteiger partial charge is 0.248 e. The van der Waals surface area contributed by atoms with Crippen LogP contribution in [0.2, 0.25) is 0 Å². The standard InChI is InChI=1S/C17H26N2O3S/c1-18(2)17(20)12-21-11-13-5-6-15-16(22-13)7-8-19(15)10-14-4-3-9-23-14/h3-4,9,13,15-16H,5-8,10-12H2,1-2H3/t13-,15-,16-/m0/s1. The lowest BCUT2D eigenvalue weighted by atomic mass is 9.99. The number of likely N-dealkylation sites (N-methyl/N-ethyl adjacent to an activating group) is 1. The molecule has 2 aliphatic heterocycles. The Morgan fingerprint density at radius 2 is 2.30 bits per heavy atom. The first-order valence-corrected chi connectivity index (χ1v) is 9.21. The fourth-order valence-electron chi connectivity index (χ4n) is 3.41. The molecule has 3 rings (SSSR count). The number of hydrogen-bond donors (Lipinski definition) is 0. The van der Waals surface area contributed by atoms with Crippen molar-refractivity contribution in [1.82, 2.24) is 9.80 Å². The molecule has 0 unspecified atom stereocenters. The molecule has 3 atom stereocenters. The maximum absolute atomic E-state index is 11.5. The maximum Gasteiger partial charge on any atom is 0.248 e. The molecule has 0 aromatic carbocycles. The first-order chi connectivity index (χ1) is 11.1. The molecule has 128 valence electrons. The van der Waals surface area contributed by atoms with E-state index in [4.69, 9.17) is 9.47 Å². The van der Waals surface area contributed by atoms with Crippen LogP contribution in [-0.4, -0.2) is 67.8 Å². The van der Waals surface area contributed by atoms with Crippen molar-refractivity contribution in [2.45, 2.75) is 44.1 Å². The largest absolute Gasteiger partial charge is 0.371 e. The van der Waals surface area contributed by atoms with Crippen molar-refractivity contribution in [3.63, 3.8) is 0 Å². The van der Waals surface area contributed by atoms with Crippen LogP contribution in [0.5, 0.6) is 0 Å². The monoisotopic (exact) mass is 338 g/mol. The third kappa shape index (κ3) is 4.32. The van der Waals surface area contributed by atoms with Gasteiger partial charge in [-0.2, -0.15) is 0 Å². The highest BCUT2D eigenvalue weighted by molar-refractivity contribution is 7.09. The Balaban J connectivity index is 1.42. The quantitative estimate of drug-likeness (QED) is 0.795. The van der Waals surface area contributed by atoms with Crippen LogP contribution in [0.1, 0.15) is 24.1 Å². The van der Waals surface area contributed by atoms with E-state index in [0.29, 0.717) is 18.8 Å². The molecule has 2 fully saturated rings. The summed E-state index contributed by atoms with van der Waals surface area (Å²) in [6.07, 6.45) is 3.72. The van der Waals surface area contributed by atoms with E-state index >= 15 is 0 Å². The number of thiophene rings is 1. The summed E-state index contributed by atoms with van der Waals surface area (Å²) in [6.45, 7) is 2.82. The average molecular weight is 338 g/mol. The minimum absolute atomic E-state index is 0.00155. The number of rotatable bonds is 6. The van der Waals surface area contributed by atoms with Gasteiger partial charge in [0, 0.05) is 38.1 Å². The van der Waals surface area contributed by atoms with Gasteiger partial charge in [0.05, 0.1) is 18.8 Å². The van der Waals surface area contributed by atoms with Gasteiger partial charge in [0.2, 0.25) is 5.91 Å². The third-order valence-electron chi connectivity index (χ3n) is 4.72. The average Bonchev–Trinajstić information content (AvgIpc) is 3.17. The van der Waals surface area contributed by atoms with Crippen LogP contribution in [0.3, 0.4) is 0 Å². The molecule has 23 heavy (non-hydrogen) atoms. The second-order valence-electron chi connectivity index (χ2n) is 6.58. The molecule has 3 heterocycles. The van der Waals surface area contributed by atoms with E-state index in [0.717, 1.165) is 32.4 Å². The molecule has 5 nitrogen and oxygen atoms in total. The van der Waals surface area contributed by atoms with E-state index < -0.39 is 0 Å². The lowest BCUT2D eigenvalue weighted by Crippen LogP contribution is -2.43. The van der Waals surface area contributed by atoms with Gasteiger partial charge in [0.1, 0.15) is 6.61 Å².